The van der Waals surface area contributed by atoms with Crippen molar-refractivity contribution in [3.05, 3.63) is 68.7 Å². The summed E-state index contributed by atoms with van der Waals surface area (Å²) in [6.07, 6.45) is -2.02. The van der Waals surface area contributed by atoms with Crippen molar-refractivity contribution in [1.82, 2.24) is 0 Å². The Bertz CT molecular complexity index is 2260. The lowest BCUT2D eigenvalue weighted by atomic mass is 10.0. The van der Waals surface area contributed by atoms with Crippen molar-refractivity contribution in [2.45, 2.75) is 164 Å². The maximum Gasteiger partial charge on any atom is 0.303 e. The predicted molar refractivity (Wildman–Crippen MR) is 280 cm³/mol. The van der Waals surface area contributed by atoms with E-state index in [1.54, 1.807) is 39.8 Å². The molecule has 0 saturated carbocycles. The third kappa shape index (κ3) is 47.4. The first-order valence-electron chi connectivity index (χ1n) is 22.7. The molecule has 0 spiro atoms. The second kappa shape index (κ2) is 43.0. The van der Waals surface area contributed by atoms with Gasteiger partial charge in [-0.3, -0.25) is 67.1 Å². The Morgan fingerprint density at radius 2 is 0.855 bits per heavy atom. The molecule has 0 bridgehead atoms. The molecule has 24 heteroatoms. The number of carbonyl (C=O) groups is 14. The molecule has 0 aliphatic heterocycles. The molecule has 0 saturated heterocycles. The van der Waals surface area contributed by atoms with Crippen LogP contribution in [-0.2, 0) is 57.5 Å². The van der Waals surface area contributed by atoms with E-state index >= 15 is 0 Å². The minimum Gasteiger partial charge on any atom is -0.300 e. The highest BCUT2D eigenvalue weighted by Gasteiger charge is 2.34. The number of ketones is 14. The zero-order valence-electron chi connectivity index (χ0n) is 44.0. The molecule has 2 aromatic carbocycles. The maximum absolute atomic E-state index is 12.6. The Balaban J connectivity index is -0.000000264. The van der Waals surface area contributed by atoms with Gasteiger partial charge in [0, 0.05) is 54.3 Å². The molecule has 0 aromatic heterocycles. The summed E-state index contributed by atoms with van der Waals surface area (Å²) in [7, 11) is 0. The molecule has 0 aliphatic rings. The average Bonchev–Trinajstić information content (AvgIpc) is 3.28. The summed E-state index contributed by atoms with van der Waals surface area (Å²) < 4.78 is 61.7. The van der Waals surface area contributed by atoms with Crippen LogP contribution >= 0.6 is 58.0 Å². The van der Waals surface area contributed by atoms with Gasteiger partial charge < -0.3 is 0 Å². The molecule has 0 heterocycles. The molecule has 0 amide bonds. The number of hydrogen-bond donors (Lipinski definition) is 0. The number of rotatable bonds is 24. The van der Waals surface area contributed by atoms with Gasteiger partial charge in [-0.1, -0.05) is 55.6 Å². The first-order chi connectivity index (χ1) is 34.6. The smallest absolute Gasteiger partial charge is 0.300 e. The molecule has 2 aromatic rings. The molecule has 2 unspecified atom stereocenters. The summed E-state index contributed by atoms with van der Waals surface area (Å²) in [5.74, 6) is -12.7. The van der Waals surface area contributed by atoms with Gasteiger partial charge in [0.1, 0.15) is 40.5 Å². The number of benzene rings is 2. The van der Waals surface area contributed by atoms with E-state index in [4.69, 9.17) is 58.0 Å². The molecule has 2 atom stereocenters. The van der Waals surface area contributed by atoms with Crippen molar-refractivity contribution >= 4 is 139 Å². The van der Waals surface area contributed by atoms with Crippen LogP contribution in [0.15, 0.2) is 42.5 Å². The minimum atomic E-state index is -3.52. The van der Waals surface area contributed by atoms with E-state index < -0.39 is 71.6 Å². The summed E-state index contributed by atoms with van der Waals surface area (Å²) >= 11 is 27.5. The topological polar surface area (TPSA) is 239 Å². The standard InChI is InChI=1S/C11H8Cl2F2O2.C11H10ClFO2.2C6H9ClO2.C6H8F2O2.2C6H10O2/c1-11(14,15)10(17)5-9(16)7-3-2-6(12)4-8(7)13;1-7(13)10(14)6-11(15)8-2-4-9(12)5-3-8;1-4(8)3-6(9)5(2)7;1-2-5(8)3-6(9)4-7;1-4(9)3-5(10)6(2,7)8;2*1-3-6(8)4-5(2)7/h2-4H,5H2,1H3;2-5,7H,6H2,1H3;5H,3H2,1-2H3;2-4H2,1H3;3H2,1-2H3;2*3-4H2,1-2H3. The Labute approximate surface area is 464 Å². The van der Waals surface area contributed by atoms with Crippen molar-refractivity contribution in [1.29, 1.82) is 0 Å². The van der Waals surface area contributed by atoms with Gasteiger partial charge in [-0.05, 0) is 84.0 Å². The zero-order valence-corrected chi connectivity index (χ0v) is 47.7. The van der Waals surface area contributed by atoms with Crippen molar-refractivity contribution in [2.24, 2.45) is 0 Å². The molecule has 426 valence electrons. The summed E-state index contributed by atoms with van der Waals surface area (Å²) in [6.45, 7) is 14.2. The predicted octanol–water partition coefficient (Wildman–Crippen LogP) is 12.0. The van der Waals surface area contributed by atoms with E-state index in [-0.39, 0.29) is 94.2 Å². The van der Waals surface area contributed by atoms with Gasteiger partial charge in [0.25, 0.3) is 0 Å². The Morgan fingerprint density at radius 1 is 0.487 bits per heavy atom. The summed E-state index contributed by atoms with van der Waals surface area (Å²) in [4.78, 5) is 148. The summed E-state index contributed by atoms with van der Waals surface area (Å²) in [5, 5.41) is 0.332. The summed E-state index contributed by atoms with van der Waals surface area (Å²) in [6, 6.07) is 10.1. The molecular weight excluding hydrogens is 1120 g/mol. The van der Waals surface area contributed by atoms with Crippen LogP contribution in [0.25, 0.3) is 0 Å². The second-order valence-electron chi connectivity index (χ2n) is 16.2. The highest BCUT2D eigenvalue weighted by Crippen LogP contribution is 2.24. The average molecular weight is 1190 g/mol. The molecule has 14 nitrogen and oxygen atoms in total. The minimum absolute atomic E-state index is 0.000000000000000222. The van der Waals surface area contributed by atoms with Crippen LogP contribution in [0.2, 0.25) is 15.1 Å². The number of alkyl halides is 7. The van der Waals surface area contributed by atoms with Gasteiger partial charge in [0.05, 0.1) is 61.2 Å². The molecular formula is C52H64Cl5F5O14. The molecule has 0 N–H and O–H groups in total. The molecule has 76 heavy (non-hydrogen) atoms. The SMILES string of the molecule is CC(=O)CC(=O)C(C)(F)F.CC(=O)CC(=O)C(C)Cl.CC(F)(F)C(=O)CC(=O)c1ccc(Cl)cc1Cl.CC(F)C(=O)CC(=O)c1ccc(Cl)cc1.CCC(=O)CC(=O)CCl.CCC(=O)CC(C)=O.CCC(=O)CC(C)=O. The lowest BCUT2D eigenvalue weighted by Gasteiger charge is -2.08. The second-order valence-corrected chi connectivity index (χ2v) is 18.4. The molecule has 0 radical (unpaired) electrons. The van der Waals surface area contributed by atoms with E-state index in [1.165, 1.54) is 51.1 Å². The number of hydrogen-bond acceptors (Lipinski definition) is 14. The molecule has 0 aliphatic carbocycles. The van der Waals surface area contributed by atoms with Gasteiger partial charge in [0.15, 0.2) is 35.1 Å². The lowest BCUT2D eigenvalue weighted by Crippen LogP contribution is -2.26. The fourth-order valence-corrected chi connectivity index (χ4v) is 4.92. The molecule has 0 fully saturated rings. The third-order valence-electron chi connectivity index (χ3n) is 8.37. The van der Waals surface area contributed by atoms with Gasteiger partial charge in [-0.15, -0.1) is 23.2 Å². The van der Waals surface area contributed by atoms with Crippen molar-refractivity contribution in [3.8, 4) is 0 Å². The zero-order chi connectivity index (χ0) is 60.9. The normalized spacial score (nSPS) is 10.9. The van der Waals surface area contributed by atoms with E-state index in [2.05, 4.69) is 0 Å². The fourth-order valence-electron chi connectivity index (χ4n) is 4.11. The van der Waals surface area contributed by atoms with Gasteiger partial charge in [0.2, 0.25) is 11.6 Å². The van der Waals surface area contributed by atoms with E-state index in [1.807, 2.05) is 0 Å². The van der Waals surface area contributed by atoms with Gasteiger partial charge >= 0.3 is 11.8 Å². The first kappa shape index (κ1) is 79.8. The van der Waals surface area contributed by atoms with Crippen LogP contribution in [0.3, 0.4) is 0 Å². The highest BCUT2D eigenvalue weighted by atomic mass is 35.5. The first-order valence-corrected chi connectivity index (χ1v) is 24.8. The summed E-state index contributed by atoms with van der Waals surface area (Å²) in [5.41, 5.74) is 0.377. The van der Waals surface area contributed by atoms with Crippen LogP contribution < -0.4 is 0 Å². The van der Waals surface area contributed by atoms with Crippen molar-refractivity contribution in [2.75, 3.05) is 5.88 Å². The Kier molecular flexibility index (Phi) is 45.1. The monoisotopic (exact) mass is 1180 g/mol. The number of carbonyl (C=O) groups excluding carboxylic acids is 14. The van der Waals surface area contributed by atoms with Gasteiger partial charge in [-0.2, -0.15) is 17.6 Å². The number of Topliss-reactive ketones (excluding diaryl/α,β-unsaturated/α-hetero) is 14. The highest BCUT2D eigenvalue weighted by molar-refractivity contribution is 6.37. The van der Waals surface area contributed by atoms with Crippen LogP contribution in [0, 0.1) is 0 Å². The van der Waals surface area contributed by atoms with Crippen LogP contribution in [-0.4, -0.2) is 110 Å². The Hall–Kier alpha value is -5.08. The molecule has 2 rings (SSSR count). The quantitative estimate of drug-likeness (QED) is 0.0411. The van der Waals surface area contributed by atoms with Crippen LogP contribution in [0.4, 0.5) is 22.0 Å². The van der Waals surface area contributed by atoms with Crippen molar-refractivity contribution < 1.29 is 89.1 Å². The van der Waals surface area contributed by atoms with Crippen molar-refractivity contribution in [3.63, 3.8) is 0 Å². The van der Waals surface area contributed by atoms with Gasteiger partial charge in [-0.25, -0.2) is 4.39 Å². The Morgan fingerprint density at radius 3 is 1.13 bits per heavy atom. The largest absolute Gasteiger partial charge is 0.303 e. The van der Waals surface area contributed by atoms with E-state index in [0.29, 0.717) is 48.7 Å². The maximum atomic E-state index is 12.6. The lowest BCUT2D eigenvalue weighted by molar-refractivity contribution is -0.143. The fraction of sp³-hybridized carbons (Fsp3) is 0.500. The van der Waals surface area contributed by atoms with Crippen LogP contribution in [0.1, 0.15) is 161 Å². The van der Waals surface area contributed by atoms with Crippen LogP contribution in [0.5, 0.6) is 0 Å². The number of halogens is 10. The van der Waals surface area contributed by atoms with E-state index in [0.717, 1.165) is 13.8 Å². The third-order valence-corrected chi connectivity index (χ3v) is 9.71. The van der Waals surface area contributed by atoms with E-state index in [9.17, 15) is 89.1 Å².